The van der Waals surface area contributed by atoms with Crippen molar-refractivity contribution in [2.24, 2.45) is 5.92 Å². The van der Waals surface area contributed by atoms with Gasteiger partial charge < -0.3 is 4.90 Å². The molecular formula is C14H21Br2N. The molecule has 0 bridgehead atoms. The van der Waals surface area contributed by atoms with E-state index in [1.54, 1.807) is 0 Å². The smallest absolute Gasteiger partial charge is 0.0380 e. The summed E-state index contributed by atoms with van der Waals surface area (Å²) in [5, 5.41) is 0.889. The number of benzene rings is 1. The van der Waals surface area contributed by atoms with E-state index in [1.165, 1.54) is 15.7 Å². The highest BCUT2D eigenvalue weighted by Crippen LogP contribution is 2.27. The lowest BCUT2D eigenvalue weighted by Crippen LogP contribution is -2.34. The number of anilines is 1. The molecule has 0 aliphatic heterocycles. The highest BCUT2D eigenvalue weighted by atomic mass is 79.9. The zero-order valence-electron chi connectivity index (χ0n) is 11.0. The van der Waals surface area contributed by atoms with Gasteiger partial charge >= 0.3 is 0 Å². The SMILES string of the molecule is CC(C)CN(c1ccc(CBr)c(Br)c1)C(C)C. The van der Waals surface area contributed by atoms with Gasteiger partial charge in [-0.25, -0.2) is 0 Å². The molecule has 0 aromatic heterocycles. The van der Waals surface area contributed by atoms with Crippen LogP contribution in [0, 0.1) is 5.92 Å². The summed E-state index contributed by atoms with van der Waals surface area (Å²) >= 11 is 7.13. The quantitative estimate of drug-likeness (QED) is 0.649. The average molecular weight is 363 g/mol. The summed E-state index contributed by atoms with van der Waals surface area (Å²) in [4.78, 5) is 2.45. The van der Waals surface area contributed by atoms with Crippen molar-refractivity contribution in [1.82, 2.24) is 0 Å². The molecule has 0 fully saturated rings. The maximum absolute atomic E-state index is 3.63. The molecule has 0 amide bonds. The van der Waals surface area contributed by atoms with Crippen molar-refractivity contribution in [3.8, 4) is 0 Å². The largest absolute Gasteiger partial charge is 0.369 e. The molecule has 1 nitrogen and oxygen atoms in total. The fourth-order valence-corrected chi connectivity index (χ4v) is 3.20. The van der Waals surface area contributed by atoms with Crippen LogP contribution in [0.2, 0.25) is 0 Å². The second-order valence-corrected chi connectivity index (χ2v) is 6.46. The molecule has 0 radical (unpaired) electrons. The number of nitrogens with zero attached hydrogens (tertiary/aromatic N) is 1. The van der Waals surface area contributed by atoms with Gasteiger partial charge in [-0.15, -0.1) is 0 Å². The van der Waals surface area contributed by atoms with Crippen LogP contribution in [0.25, 0.3) is 0 Å². The fourth-order valence-electron chi connectivity index (χ4n) is 1.83. The first-order valence-electron chi connectivity index (χ1n) is 6.06. The topological polar surface area (TPSA) is 3.24 Å². The molecule has 1 aromatic carbocycles. The first kappa shape index (κ1) is 15.0. The Hall–Kier alpha value is -0.0200. The molecule has 1 rings (SSSR count). The Kier molecular flexibility index (Phi) is 6.01. The van der Waals surface area contributed by atoms with Crippen LogP contribution in [0.5, 0.6) is 0 Å². The lowest BCUT2D eigenvalue weighted by Gasteiger charge is -2.31. The molecule has 0 aliphatic carbocycles. The fraction of sp³-hybridized carbons (Fsp3) is 0.571. The van der Waals surface area contributed by atoms with Gasteiger partial charge in [0.05, 0.1) is 0 Å². The second-order valence-electron chi connectivity index (χ2n) is 5.05. The Morgan fingerprint density at radius 2 is 1.82 bits per heavy atom. The van der Waals surface area contributed by atoms with E-state index in [0.29, 0.717) is 12.0 Å². The highest BCUT2D eigenvalue weighted by molar-refractivity contribution is 9.10. The molecule has 0 heterocycles. The van der Waals surface area contributed by atoms with Gasteiger partial charge in [-0.3, -0.25) is 0 Å². The van der Waals surface area contributed by atoms with Gasteiger partial charge in [-0.05, 0) is 37.5 Å². The van der Waals surface area contributed by atoms with Crippen LogP contribution in [0.15, 0.2) is 22.7 Å². The molecule has 1 aromatic rings. The molecule has 0 aliphatic rings. The van der Waals surface area contributed by atoms with Gasteiger partial charge in [-0.2, -0.15) is 0 Å². The van der Waals surface area contributed by atoms with Gasteiger partial charge in [0.25, 0.3) is 0 Å². The third-order valence-electron chi connectivity index (χ3n) is 2.70. The normalized spacial score (nSPS) is 11.3. The number of rotatable bonds is 5. The van der Waals surface area contributed by atoms with Gasteiger partial charge in [-0.1, -0.05) is 51.8 Å². The zero-order chi connectivity index (χ0) is 13.0. The van der Waals surface area contributed by atoms with E-state index < -0.39 is 0 Å². The van der Waals surface area contributed by atoms with Crippen molar-refractivity contribution < 1.29 is 0 Å². The van der Waals surface area contributed by atoms with E-state index in [9.17, 15) is 0 Å². The second kappa shape index (κ2) is 6.79. The number of hydrogen-bond donors (Lipinski definition) is 0. The van der Waals surface area contributed by atoms with Crippen molar-refractivity contribution in [3.05, 3.63) is 28.2 Å². The van der Waals surface area contributed by atoms with Crippen molar-refractivity contribution in [1.29, 1.82) is 0 Å². The minimum atomic E-state index is 0.527. The summed E-state index contributed by atoms with van der Waals surface area (Å²) < 4.78 is 1.18. The number of halogens is 2. The first-order valence-corrected chi connectivity index (χ1v) is 7.98. The third kappa shape index (κ3) is 4.29. The minimum absolute atomic E-state index is 0.527. The molecular weight excluding hydrogens is 342 g/mol. The van der Waals surface area contributed by atoms with E-state index >= 15 is 0 Å². The monoisotopic (exact) mass is 361 g/mol. The standard InChI is InChI=1S/C14H21Br2N/c1-10(2)9-17(11(3)4)13-6-5-12(8-15)14(16)7-13/h5-7,10-11H,8-9H2,1-4H3. The average Bonchev–Trinajstić information content (AvgIpc) is 2.25. The molecule has 0 saturated heterocycles. The molecule has 0 unspecified atom stereocenters. The Morgan fingerprint density at radius 1 is 1.18 bits per heavy atom. The van der Waals surface area contributed by atoms with Crippen LogP contribution in [0.3, 0.4) is 0 Å². The van der Waals surface area contributed by atoms with Gasteiger partial charge in [0.15, 0.2) is 0 Å². The van der Waals surface area contributed by atoms with E-state index in [-0.39, 0.29) is 0 Å². The maximum Gasteiger partial charge on any atom is 0.0380 e. The summed E-state index contributed by atoms with van der Waals surface area (Å²) in [5.74, 6) is 0.673. The number of alkyl halides is 1. The van der Waals surface area contributed by atoms with Crippen molar-refractivity contribution in [2.75, 3.05) is 11.4 Å². The van der Waals surface area contributed by atoms with Crippen LogP contribution in [-0.2, 0) is 5.33 Å². The van der Waals surface area contributed by atoms with Gasteiger partial charge in [0.1, 0.15) is 0 Å². The van der Waals surface area contributed by atoms with Crippen LogP contribution >= 0.6 is 31.9 Å². The van der Waals surface area contributed by atoms with Crippen LogP contribution in [0.4, 0.5) is 5.69 Å². The number of hydrogen-bond acceptors (Lipinski definition) is 1. The molecule has 0 atom stereocenters. The van der Waals surface area contributed by atoms with Crippen LogP contribution in [0.1, 0.15) is 33.3 Å². The van der Waals surface area contributed by atoms with E-state index in [1.807, 2.05) is 0 Å². The summed E-state index contributed by atoms with van der Waals surface area (Å²) in [7, 11) is 0. The summed E-state index contributed by atoms with van der Waals surface area (Å²) in [6.45, 7) is 10.1. The lowest BCUT2D eigenvalue weighted by molar-refractivity contribution is 0.571. The Bertz CT molecular complexity index is 361. The predicted octanol–water partition coefficient (Wildman–Crippen LogP) is 5.21. The summed E-state index contributed by atoms with van der Waals surface area (Å²) in [6, 6.07) is 7.14. The Labute approximate surface area is 122 Å². The minimum Gasteiger partial charge on any atom is -0.369 e. The van der Waals surface area contributed by atoms with Gasteiger partial charge in [0, 0.05) is 28.1 Å². The maximum atomic E-state index is 3.63. The third-order valence-corrected chi connectivity index (χ3v) is 4.04. The van der Waals surface area contributed by atoms with Crippen LogP contribution < -0.4 is 4.90 Å². The predicted molar refractivity (Wildman–Crippen MR) is 84.1 cm³/mol. The molecule has 0 N–H and O–H groups in total. The molecule has 3 heteroatoms. The van der Waals surface area contributed by atoms with E-state index in [2.05, 4.69) is 82.7 Å². The molecule has 0 spiro atoms. The van der Waals surface area contributed by atoms with E-state index in [0.717, 1.165) is 11.9 Å². The molecule has 17 heavy (non-hydrogen) atoms. The Balaban J connectivity index is 2.98. The zero-order valence-corrected chi connectivity index (χ0v) is 14.2. The van der Waals surface area contributed by atoms with Crippen molar-refractivity contribution in [2.45, 2.75) is 39.1 Å². The lowest BCUT2D eigenvalue weighted by atomic mass is 10.1. The highest BCUT2D eigenvalue weighted by Gasteiger charge is 2.13. The summed E-state index contributed by atoms with van der Waals surface area (Å²) in [5.41, 5.74) is 2.59. The molecule has 0 saturated carbocycles. The molecule has 96 valence electrons. The van der Waals surface area contributed by atoms with Gasteiger partial charge in [0.2, 0.25) is 0 Å². The Morgan fingerprint density at radius 3 is 2.24 bits per heavy atom. The summed E-state index contributed by atoms with van der Waals surface area (Å²) in [6.07, 6.45) is 0. The first-order chi connectivity index (χ1) is 7.95. The van der Waals surface area contributed by atoms with Crippen LogP contribution in [-0.4, -0.2) is 12.6 Å². The van der Waals surface area contributed by atoms with Crippen molar-refractivity contribution in [3.63, 3.8) is 0 Å². The van der Waals surface area contributed by atoms with Crippen molar-refractivity contribution >= 4 is 37.5 Å². The van der Waals surface area contributed by atoms with E-state index in [4.69, 9.17) is 0 Å².